The lowest BCUT2D eigenvalue weighted by Crippen LogP contribution is -2.49. The quantitative estimate of drug-likeness (QED) is 0.753. The smallest absolute Gasteiger partial charge is 0.237 e. The average molecular weight is 226 g/mol. The number of carbonyl (C=O) groups is 1. The highest BCUT2D eigenvalue weighted by Gasteiger charge is 2.24. The molecular weight excluding hydrogens is 200 g/mol. The normalized spacial score (nSPS) is 21.1. The van der Waals surface area contributed by atoms with Crippen molar-refractivity contribution in [3.63, 3.8) is 0 Å². The van der Waals surface area contributed by atoms with E-state index in [0.717, 1.165) is 5.92 Å². The van der Waals surface area contributed by atoms with Crippen LogP contribution >= 0.6 is 0 Å². The van der Waals surface area contributed by atoms with E-state index in [1.54, 1.807) is 0 Å². The molecule has 1 rings (SSSR count). The molecule has 16 heavy (non-hydrogen) atoms. The zero-order valence-corrected chi connectivity index (χ0v) is 11.0. The second-order valence-electron chi connectivity index (χ2n) is 5.38. The summed E-state index contributed by atoms with van der Waals surface area (Å²) in [5.74, 6) is 0.870. The highest BCUT2D eigenvalue weighted by Crippen LogP contribution is 2.27. The predicted octanol–water partition coefficient (Wildman–Crippen LogP) is 2.07. The van der Waals surface area contributed by atoms with Gasteiger partial charge in [0, 0.05) is 12.1 Å². The zero-order chi connectivity index (χ0) is 12.1. The van der Waals surface area contributed by atoms with Crippen molar-refractivity contribution in [2.75, 3.05) is 0 Å². The van der Waals surface area contributed by atoms with Crippen LogP contribution in [0.1, 0.15) is 53.4 Å². The highest BCUT2D eigenvalue weighted by molar-refractivity contribution is 5.81. The van der Waals surface area contributed by atoms with E-state index in [1.165, 1.54) is 25.7 Å². The van der Waals surface area contributed by atoms with Crippen LogP contribution in [0.3, 0.4) is 0 Å². The number of carbonyl (C=O) groups excluding carboxylic acids is 1. The van der Waals surface area contributed by atoms with Crippen LogP contribution in [0, 0.1) is 5.92 Å². The van der Waals surface area contributed by atoms with E-state index < -0.39 is 0 Å². The van der Waals surface area contributed by atoms with Crippen LogP contribution in [0.2, 0.25) is 0 Å². The maximum Gasteiger partial charge on any atom is 0.237 e. The number of hydrogen-bond acceptors (Lipinski definition) is 2. The van der Waals surface area contributed by atoms with E-state index in [-0.39, 0.29) is 18.0 Å². The molecule has 0 aromatic rings. The summed E-state index contributed by atoms with van der Waals surface area (Å²) < 4.78 is 0. The standard InChI is InChI=1S/C13H26N2O/c1-9(2)14-13(16)11(4)15-10(3)12-7-5-6-8-12/h9-12,15H,5-8H2,1-4H3,(H,14,16)/t10-,11?/m0/s1. The van der Waals surface area contributed by atoms with Gasteiger partial charge in [-0.05, 0) is 46.5 Å². The van der Waals surface area contributed by atoms with Gasteiger partial charge in [0.15, 0.2) is 0 Å². The first kappa shape index (κ1) is 13.5. The van der Waals surface area contributed by atoms with E-state index in [1.807, 2.05) is 20.8 Å². The summed E-state index contributed by atoms with van der Waals surface area (Å²) >= 11 is 0. The van der Waals surface area contributed by atoms with Crippen LogP contribution < -0.4 is 10.6 Å². The van der Waals surface area contributed by atoms with Crippen molar-refractivity contribution < 1.29 is 4.79 Å². The molecule has 1 aliphatic carbocycles. The minimum absolute atomic E-state index is 0.0852. The molecule has 0 heterocycles. The molecule has 3 nitrogen and oxygen atoms in total. The Morgan fingerprint density at radius 2 is 1.69 bits per heavy atom. The van der Waals surface area contributed by atoms with Gasteiger partial charge in [0.2, 0.25) is 5.91 Å². The summed E-state index contributed by atoms with van der Waals surface area (Å²) in [6, 6.07) is 0.590. The molecule has 1 aliphatic rings. The van der Waals surface area contributed by atoms with Gasteiger partial charge < -0.3 is 10.6 Å². The van der Waals surface area contributed by atoms with Crippen molar-refractivity contribution in [1.29, 1.82) is 0 Å². The Hall–Kier alpha value is -0.570. The molecule has 0 bridgehead atoms. The van der Waals surface area contributed by atoms with Crippen molar-refractivity contribution in [3.05, 3.63) is 0 Å². The van der Waals surface area contributed by atoms with E-state index in [0.29, 0.717) is 6.04 Å². The molecule has 2 atom stereocenters. The minimum Gasteiger partial charge on any atom is -0.353 e. The third kappa shape index (κ3) is 4.12. The lowest BCUT2D eigenvalue weighted by Gasteiger charge is -2.24. The van der Waals surface area contributed by atoms with Crippen molar-refractivity contribution in [2.24, 2.45) is 5.92 Å². The van der Waals surface area contributed by atoms with Gasteiger partial charge in [-0.15, -0.1) is 0 Å². The first-order chi connectivity index (χ1) is 7.50. The molecule has 0 aromatic carbocycles. The van der Waals surface area contributed by atoms with Gasteiger partial charge in [-0.2, -0.15) is 0 Å². The van der Waals surface area contributed by atoms with Gasteiger partial charge in [-0.25, -0.2) is 0 Å². The summed E-state index contributed by atoms with van der Waals surface area (Å²) in [5.41, 5.74) is 0. The largest absolute Gasteiger partial charge is 0.353 e. The molecule has 0 spiro atoms. The summed E-state index contributed by atoms with van der Waals surface area (Å²) in [6.07, 6.45) is 5.33. The van der Waals surface area contributed by atoms with Crippen LogP contribution in [-0.4, -0.2) is 24.0 Å². The maximum absolute atomic E-state index is 11.7. The molecule has 1 amide bonds. The Labute approximate surface area is 99.4 Å². The molecule has 0 aliphatic heterocycles. The number of nitrogens with one attached hydrogen (secondary N) is 2. The average Bonchev–Trinajstić information content (AvgIpc) is 2.68. The molecule has 2 N–H and O–H groups in total. The van der Waals surface area contributed by atoms with Gasteiger partial charge in [0.05, 0.1) is 6.04 Å². The summed E-state index contributed by atoms with van der Waals surface area (Å²) in [6.45, 7) is 8.13. The van der Waals surface area contributed by atoms with E-state index in [2.05, 4.69) is 17.6 Å². The molecule has 94 valence electrons. The fraction of sp³-hybridized carbons (Fsp3) is 0.923. The molecule has 0 aromatic heterocycles. The van der Waals surface area contributed by atoms with Crippen molar-refractivity contribution in [2.45, 2.75) is 71.5 Å². The lowest BCUT2D eigenvalue weighted by atomic mass is 9.99. The fourth-order valence-electron chi connectivity index (χ4n) is 2.47. The SMILES string of the molecule is CC(C)NC(=O)C(C)N[C@@H](C)C1CCCC1. The summed E-state index contributed by atoms with van der Waals surface area (Å²) in [5, 5.41) is 6.35. The third-order valence-corrected chi connectivity index (χ3v) is 3.44. The van der Waals surface area contributed by atoms with Gasteiger partial charge >= 0.3 is 0 Å². The van der Waals surface area contributed by atoms with Crippen LogP contribution in [0.25, 0.3) is 0 Å². The van der Waals surface area contributed by atoms with E-state index in [4.69, 9.17) is 0 Å². The Morgan fingerprint density at radius 1 is 1.12 bits per heavy atom. The van der Waals surface area contributed by atoms with E-state index >= 15 is 0 Å². The first-order valence-electron chi connectivity index (χ1n) is 6.57. The van der Waals surface area contributed by atoms with Crippen molar-refractivity contribution in [3.8, 4) is 0 Å². The molecule has 1 saturated carbocycles. The molecule has 0 radical (unpaired) electrons. The first-order valence-corrected chi connectivity index (χ1v) is 6.57. The van der Waals surface area contributed by atoms with E-state index in [9.17, 15) is 4.79 Å². The van der Waals surface area contributed by atoms with Crippen LogP contribution in [0.15, 0.2) is 0 Å². The molecular formula is C13H26N2O. The minimum atomic E-state index is -0.0852. The molecule has 0 saturated heterocycles. The number of rotatable bonds is 5. The molecule has 1 unspecified atom stereocenters. The van der Waals surface area contributed by atoms with Gasteiger partial charge in [0.25, 0.3) is 0 Å². The number of hydrogen-bond donors (Lipinski definition) is 2. The Balaban J connectivity index is 2.31. The van der Waals surface area contributed by atoms with Gasteiger partial charge in [-0.1, -0.05) is 12.8 Å². The zero-order valence-electron chi connectivity index (χ0n) is 11.0. The lowest BCUT2D eigenvalue weighted by molar-refractivity contribution is -0.123. The summed E-state index contributed by atoms with van der Waals surface area (Å²) in [7, 11) is 0. The second kappa shape index (κ2) is 6.24. The van der Waals surface area contributed by atoms with Gasteiger partial charge in [-0.3, -0.25) is 4.79 Å². The highest BCUT2D eigenvalue weighted by atomic mass is 16.2. The Morgan fingerprint density at radius 3 is 2.19 bits per heavy atom. The number of amides is 1. The Kier molecular flexibility index (Phi) is 5.26. The topological polar surface area (TPSA) is 41.1 Å². The molecule has 3 heteroatoms. The van der Waals surface area contributed by atoms with Crippen LogP contribution in [-0.2, 0) is 4.79 Å². The fourth-order valence-corrected chi connectivity index (χ4v) is 2.47. The Bertz CT molecular complexity index is 222. The monoisotopic (exact) mass is 226 g/mol. The van der Waals surface area contributed by atoms with Crippen LogP contribution in [0.5, 0.6) is 0 Å². The third-order valence-electron chi connectivity index (χ3n) is 3.44. The summed E-state index contributed by atoms with van der Waals surface area (Å²) in [4.78, 5) is 11.7. The molecule has 1 fully saturated rings. The van der Waals surface area contributed by atoms with Crippen LogP contribution in [0.4, 0.5) is 0 Å². The predicted molar refractivity (Wildman–Crippen MR) is 67.3 cm³/mol. The van der Waals surface area contributed by atoms with Crippen molar-refractivity contribution in [1.82, 2.24) is 10.6 Å². The second-order valence-corrected chi connectivity index (χ2v) is 5.38. The van der Waals surface area contributed by atoms with Gasteiger partial charge in [0.1, 0.15) is 0 Å². The van der Waals surface area contributed by atoms with Crippen molar-refractivity contribution >= 4 is 5.91 Å². The maximum atomic E-state index is 11.7.